The fraction of sp³-hybridized carbons (Fsp3) is 0.391. The minimum atomic E-state index is -0.0846. The number of rotatable bonds is 8. The summed E-state index contributed by atoms with van der Waals surface area (Å²) in [7, 11) is 0. The average Bonchev–Trinajstić information content (AvgIpc) is 3.42. The van der Waals surface area contributed by atoms with Crippen LogP contribution in [-0.4, -0.2) is 26.4 Å². The number of carbonyl (C=O) groups is 1. The molecule has 0 saturated carbocycles. The van der Waals surface area contributed by atoms with Crippen LogP contribution in [-0.2, 0) is 24.3 Å². The van der Waals surface area contributed by atoms with Gasteiger partial charge in [-0.1, -0.05) is 49.7 Å². The fourth-order valence-electron chi connectivity index (χ4n) is 4.31. The number of hydrogen-bond donors (Lipinski definition) is 2. The molecule has 3 aromatic rings. The van der Waals surface area contributed by atoms with E-state index in [0.29, 0.717) is 5.82 Å². The Morgan fingerprint density at radius 2 is 1.83 bits per heavy atom. The number of nitrogens with one attached hydrogen (secondary N) is 2. The summed E-state index contributed by atoms with van der Waals surface area (Å²) in [6.07, 6.45) is 2.52. The zero-order chi connectivity index (χ0) is 20.2. The van der Waals surface area contributed by atoms with Gasteiger partial charge in [-0.25, -0.2) is 5.10 Å². The predicted octanol–water partition coefficient (Wildman–Crippen LogP) is 3.80. The summed E-state index contributed by atoms with van der Waals surface area (Å²) in [4.78, 5) is 12.3. The van der Waals surface area contributed by atoms with Crippen LogP contribution in [0.4, 0.5) is 0 Å². The number of carbonyl (C=O) groups excluding carboxylic acids is 1. The van der Waals surface area contributed by atoms with Crippen LogP contribution < -0.4 is 5.32 Å². The van der Waals surface area contributed by atoms with E-state index in [4.69, 9.17) is 0 Å². The number of fused-ring (bicyclic) bond motifs is 1. The summed E-state index contributed by atoms with van der Waals surface area (Å²) in [6, 6.07) is 15.3. The van der Waals surface area contributed by atoms with E-state index in [2.05, 4.69) is 75.3 Å². The molecule has 0 amide bonds. The standard InChI is InChI=1S/C23H27N5O/c1-3-4-21(15(2)29)22(23-25-27-28-26-23)11-16-5-7-17(8-6-16)18-9-10-19-13-24-14-20(19)12-18/h5-10,12,21-22,24H,3-4,11,13-14H2,1-2H3,(H,25,26,27,28)/t21-,22+/m1/s1. The zero-order valence-electron chi connectivity index (χ0n) is 17.0. The molecule has 0 spiro atoms. The number of Topliss-reactive ketones (excluding diaryl/α,β-unsaturated/α-hetero) is 1. The van der Waals surface area contributed by atoms with E-state index in [1.165, 1.54) is 27.8 Å². The van der Waals surface area contributed by atoms with Crippen molar-refractivity contribution in [3.63, 3.8) is 0 Å². The number of nitrogens with zero attached hydrogens (tertiary/aromatic N) is 3. The Hall–Kier alpha value is -2.86. The van der Waals surface area contributed by atoms with Gasteiger partial charge in [-0.2, -0.15) is 0 Å². The summed E-state index contributed by atoms with van der Waals surface area (Å²) < 4.78 is 0. The Morgan fingerprint density at radius 3 is 2.52 bits per heavy atom. The van der Waals surface area contributed by atoms with Crippen molar-refractivity contribution in [1.29, 1.82) is 0 Å². The highest BCUT2D eigenvalue weighted by Gasteiger charge is 2.29. The lowest BCUT2D eigenvalue weighted by atomic mass is 9.81. The second-order valence-electron chi connectivity index (χ2n) is 7.89. The molecule has 0 radical (unpaired) electrons. The molecule has 1 aliphatic heterocycles. The highest BCUT2D eigenvalue weighted by atomic mass is 16.1. The first-order valence-corrected chi connectivity index (χ1v) is 10.3. The van der Waals surface area contributed by atoms with Gasteiger partial charge in [-0.3, -0.25) is 4.79 Å². The number of aromatic nitrogens is 4. The fourth-order valence-corrected chi connectivity index (χ4v) is 4.31. The topological polar surface area (TPSA) is 83.6 Å². The minimum Gasteiger partial charge on any atom is -0.309 e. The number of H-pyrrole nitrogens is 1. The third kappa shape index (κ3) is 4.27. The molecule has 1 aliphatic rings. The lowest BCUT2D eigenvalue weighted by molar-refractivity contribution is -0.121. The molecule has 150 valence electrons. The van der Waals surface area contributed by atoms with Gasteiger partial charge in [0.2, 0.25) is 0 Å². The van der Waals surface area contributed by atoms with E-state index >= 15 is 0 Å². The van der Waals surface area contributed by atoms with E-state index in [1.807, 2.05) is 0 Å². The van der Waals surface area contributed by atoms with Gasteiger partial charge in [0.25, 0.3) is 0 Å². The predicted molar refractivity (Wildman–Crippen MR) is 112 cm³/mol. The first-order chi connectivity index (χ1) is 14.2. The van der Waals surface area contributed by atoms with Gasteiger partial charge in [0, 0.05) is 24.9 Å². The van der Waals surface area contributed by atoms with Crippen LogP contribution in [0.1, 0.15) is 55.1 Å². The van der Waals surface area contributed by atoms with Crippen molar-refractivity contribution in [1.82, 2.24) is 25.9 Å². The second kappa shape index (κ2) is 8.66. The van der Waals surface area contributed by atoms with Crippen molar-refractivity contribution < 1.29 is 4.79 Å². The first-order valence-electron chi connectivity index (χ1n) is 10.3. The zero-order valence-corrected chi connectivity index (χ0v) is 17.0. The van der Waals surface area contributed by atoms with Crippen LogP contribution in [0.3, 0.4) is 0 Å². The maximum atomic E-state index is 12.3. The van der Waals surface area contributed by atoms with Gasteiger partial charge in [-0.05, 0) is 64.1 Å². The molecule has 6 heteroatoms. The van der Waals surface area contributed by atoms with Crippen molar-refractivity contribution in [2.24, 2.45) is 5.92 Å². The first kappa shape index (κ1) is 19.5. The van der Waals surface area contributed by atoms with E-state index in [-0.39, 0.29) is 17.6 Å². The minimum absolute atomic E-state index is 0.0423. The van der Waals surface area contributed by atoms with Crippen LogP contribution in [0.15, 0.2) is 42.5 Å². The number of ketones is 1. The van der Waals surface area contributed by atoms with Crippen LogP contribution in [0.5, 0.6) is 0 Å². The monoisotopic (exact) mass is 389 g/mol. The van der Waals surface area contributed by atoms with Crippen molar-refractivity contribution in [3.8, 4) is 11.1 Å². The summed E-state index contributed by atoms with van der Waals surface area (Å²) >= 11 is 0. The summed E-state index contributed by atoms with van der Waals surface area (Å²) in [5, 5.41) is 17.9. The summed E-state index contributed by atoms with van der Waals surface area (Å²) in [5.74, 6) is 0.753. The largest absolute Gasteiger partial charge is 0.309 e. The molecular formula is C23H27N5O. The maximum Gasteiger partial charge on any atom is 0.152 e. The number of hydrogen-bond acceptors (Lipinski definition) is 5. The Bertz CT molecular complexity index is 965. The Balaban J connectivity index is 1.56. The third-order valence-electron chi connectivity index (χ3n) is 5.90. The molecule has 4 rings (SSSR count). The Labute approximate surface area is 171 Å². The lowest BCUT2D eigenvalue weighted by Crippen LogP contribution is -2.23. The third-order valence-corrected chi connectivity index (χ3v) is 5.90. The van der Waals surface area contributed by atoms with Gasteiger partial charge in [-0.15, -0.1) is 5.10 Å². The summed E-state index contributed by atoms with van der Waals surface area (Å²) in [6.45, 7) is 5.68. The van der Waals surface area contributed by atoms with Gasteiger partial charge in [0.05, 0.1) is 0 Å². The van der Waals surface area contributed by atoms with Gasteiger partial charge in [0.15, 0.2) is 5.82 Å². The quantitative estimate of drug-likeness (QED) is 0.612. The molecule has 0 fully saturated rings. The molecule has 2 aromatic carbocycles. The van der Waals surface area contributed by atoms with Crippen LogP contribution in [0, 0.1) is 5.92 Å². The molecule has 0 saturated heterocycles. The molecule has 0 bridgehead atoms. The van der Waals surface area contributed by atoms with Crippen LogP contribution in [0.25, 0.3) is 11.1 Å². The number of aromatic amines is 1. The van der Waals surface area contributed by atoms with Crippen molar-refractivity contribution >= 4 is 5.78 Å². The van der Waals surface area contributed by atoms with Crippen LogP contribution in [0.2, 0.25) is 0 Å². The molecule has 0 aliphatic carbocycles. The van der Waals surface area contributed by atoms with E-state index in [1.54, 1.807) is 6.92 Å². The van der Waals surface area contributed by atoms with Crippen LogP contribution >= 0.6 is 0 Å². The molecule has 2 N–H and O–H groups in total. The highest BCUT2D eigenvalue weighted by molar-refractivity contribution is 5.79. The van der Waals surface area contributed by atoms with Gasteiger partial charge >= 0.3 is 0 Å². The van der Waals surface area contributed by atoms with Gasteiger partial charge in [0.1, 0.15) is 5.78 Å². The molecule has 6 nitrogen and oxygen atoms in total. The molecule has 2 heterocycles. The molecule has 0 unspecified atom stereocenters. The molecule has 1 aromatic heterocycles. The Kier molecular flexibility index (Phi) is 5.81. The molecule has 29 heavy (non-hydrogen) atoms. The van der Waals surface area contributed by atoms with Crippen molar-refractivity contribution in [2.45, 2.75) is 52.1 Å². The highest BCUT2D eigenvalue weighted by Crippen LogP contribution is 2.31. The maximum absolute atomic E-state index is 12.3. The second-order valence-corrected chi connectivity index (χ2v) is 7.89. The SMILES string of the molecule is CCC[C@H](C(C)=O)[C@H](Cc1ccc(-c2ccc3c(c2)CNC3)cc1)c1nnn[nH]1. The Morgan fingerprint density at radius 1 is 1.07 bits per heavy atom. The van der Waals surface area contributed by atoms with Crippen molar-refractivity contribution in [3.05, 3.63) is 65.0 Å². The lowest BCUT2D eigenvalue weighted by Gasteiger charge is -2.23. The number of tetrazole rings is 1. The van der Waals surface area contributed by atoms with E-state index in [9.17, 15) is 4.79 Å². The molecule has 2 atom stereocenters. The molecular weight excluding hydrogens is 362 g/mol. The summed E-state index contributed by atoms with van der Waals surface area (Å²) in [5.41, 5.74) is 6.40. The van der Waals surface area contributed by atoms with Crippen molar-refractivity contribution in [2.75, 3.05) is 0 Å². The normalized spacial score (nSPS) is 15.1. The average molecular weight is 390 g/mol. The van der Waals surface area contributed by atoms with E-state index in [0.717, 1.165) is 32.4 Å². The van der Waals surface area contributed by atoms with Gasteiger partial charge < -0.3 is 5.32 Å². The van der Waals surface area contributed by atoms with E-state index < -0.39 is 0 Å². The number of benzene rings is 2. The smallest absolute Gasteiger partial charge is 0.152 e.